The van der Waals surface area contributed by atoms with E-state index in [1.165, 1.54) is 121 Å². The summed E-state index contributed by atoms with van der Waals surface area (Å²) >= 11 is 0. The van der Waals surface area contributed by atoms with E-state index in [9.17, 15) is 0 Å². The first-order valence-electron chi connectivity index (χ1n) is 21.5. The normalized spacial score (nSPS) is 11.6. The molecule has 0 bridgehead atoms. The van der Waals surface area contributed by atoms with Gasteiger partial charge in [-0.15, -0.1) is 0 Å². The molecule has 1 heteroatoms. The molecule has 0 saturated heterocycles. The van der Waals surface area contributed by atoms with Gasteiger partial charge in [0.15, 0.2) is 0 Å². The van der Waals surface area contributed by atoms with Gasteiger partial charge in [-0.3, -0.25) is 0 Å². The monoisotopic (exact) mass is 779 g/mol. The highest BCUT2D eigenvalue weighted by Gasteiger charge is 2.20. The van der Waals surface area contributed by atoms with E-state index < -0.39 is 0 Å². The van der Waals surface area contributed by atoms with E-state index in [4.69, 9.17) is 0 Å². The zero-order chi connectivity index (χ0) is 41.0. The third-order valence-electron chi connectivity index (χ3n) is 12.7. The Hall–Kier alpha value is -7.48. The first kappa shape index (κ1) is 36.6. The number of fused-ring (bicyclic) bond motifs is 5. The molecular weight excluding hydrogens is 735 g/mol. The molecule has 0 saturated carbocycles. The molecule has 1 aromatic heterocycles. The van der Waals surface area contributed by atoms with Crippen LogP contribution in [0.5, 0.6) is 0 Å². The predicted molar refractivity (Wildman–Crippen MR) is 262 cm³/mol. The molecule has 0 spiro atoms. The number of nitrogens with zero attached hydrogens (tertiary/aromatic N) is 1. The van der Waals surface area contributed by atoms with Gasteiger partial charge in [-0.05, 0) is 139 Å². The van der Waals surface area contributed by atoms with Crippen LogP contribution in [0.15, 0.2) is 206 Å². The summed E-state index contributed by atoms with van der Waals surface area (Å²) in [6.45, 7) is 7.52. The van der Waals surface area contributed by atoms with Crippen molar-refractivity contribution in [2.75, 3.05) is 0 Å². The maximum absolute atomic E-state index is 2.43. The molecule has 0 aliphatic carbocycles. The quantitative estimate of drug-likeness (QED) is 0.142. The molecule has 61 heavy (non-hydrogen) atoms. The van der Waals surface area contributed by atoms with Gasteiger partial charge in [0, 0.05) is 28.4 Å². The third kappa shape index (κ3) is 6.42. The van der Waals surface area contributed by atoms with Crippen molar-refractivity contribution in [1.82, 2.24) is 4.57 Å². The van der Waals surface area contributed by atoms with Crippen molar-refractivity contribution in [2.24, 2.45) is 0 Å². The Labute approximate surface area is 357 Å². The third-order valence-corrected chi connectivity index (χ3v) is 12.7. The standard InChI is InChI=1S/C60H45N/c1-4-61-57-19-9-8-18-51(57)54-36-48(30-33-58(54)61)43-22-26-45(27-23-43)60-53-32-29-49(46-16-10-12-39(2)34-46)37-55(53)59(44-24-20-42(21-25-44)41-14-6-5-7-15-41)52-31-28-50(38-56(52)60)47-17-11-13-40(3)35-47/h5-38H,4H2,1-3H3. The highest BCUT2D eigenvalue weighted by atomic mass is 15.0. The van der Waals surface area contributed by atoms with Gasteiger partial charge < -0.3 is 4.57 Å². The lowest BCUT2D eigenvalue weighted by Crippen LogP contribution is -1.93. The highest BCUT2D eigenvalue weighted by Crippen LogP contribution is 2.47. The second kappa shape index (κ2) is 15.0. The van der Waals surface area contributed by atoms with Crippen LogP contribution in [0.4, 0.5) is 0 Å². The molecule has 10 aromatic carbocycles. The van der Waals surface area contributed by atoms with Gasteiger partial charge >= 0.3 is 0 Å². The first-order valence-corrected chi connectivity index (χ1v) is 21.5. The Morgan fingerprint density at radius 3 is 1.23 bits per heavy atom. The molecule has 11 aromatic rings. The van der Waals surface area contributed by atoms with Crippen LogP contribution in [0, 0.1) is 13.8 Å². The van der Waals surface area contributed by atoms with Crippen LogP contribution >= 0.6 is 0 Å². The number of rotatable bonds is 7. The van der Waals surface area contributed by atoms with Crippen molar-refractivity contribution in [3.63, 3.8) is 0 Å². The van der Waals surface area contributed by atoms with Crippen molar-refractivity contribution in [1.29, 1.82) is 0 Å². The Balaban J connectivity index is 1.15. The lowest BCUT2D eigenvalue weighted by molar-refractivity contribution is 0.827. The van der Waals surface area contributed by atoms with Crippen LogP contribution in [0.1, 0.15) is 18.1 Å². The maximum atomic E-state index is 2.43. The van der Waals surface area contributed by atoms with Crippen LogP contribution in [0.25, 0.3) is 110 Å². The predicted octanol–water partition coefficient (Wildman–Crippen LogP) is 16.7. The summed E-state index contributed by atoms with van der Waals surface area (Å²) in [5.41, 5.74) is 19.8. The molecular formula is C60H45N. The van der Waals surface area contributed by atoms with Gasteiger partial charge in [0.1, 0.15) is 0 Å². The lowest BCUT2D eigenvalue weighted by atomic mass is 9.83. The van der Waals surface area contributed by atoms with Gasteiger partial charge in [0.25, 0.3) is 0 Å². The average Bonchev–Trinajstić information content (AvgIpc) is 3.63. The molecule has 1 heterocycles. The van der Waals surface area contributed by atoms with Crippen molar-refractivity contribution >= 4 is 43.4 Å². The van der Waals surface area contributed by atoms with Crippen molar-refractivity contribution in [2.45, 2.75) is 27.3 Å². The Morgan fingerprint density at radius 1 is 0.279 bits per heavy atom. The summed E-state index contributed by atoms with van der Waals surface area (Å²) in [5.74, 6) is 0. The maximum Gasteiger partial charge on any atom is 0.0491 e. The number of aryl methyl sites for hydroxylation is 3. The van der Waals surface area contributed by atoms with E-state index in [-0.39, 0.29) is 0 Å². The van der Waals surface area contributed by atoms with E-state index >= 15 is 0 Å². The smallest absolute Gasteiger partial charge is 0.0491 e. The van der Waals surface area contributed by atoms with Crippen LogP contribution in [0.2, 0.25) is 0 Å². The van der Waals surface area contributed by atoms with E-state index in [1.54, 1.807) is 0 Å². The number of benzene rings is 10. The Morgan fingerprint density at radius 2 is 0.672 bits per heavy atom. The minimum atomic E-state index is 0.940. The molecule has 0 aliphatic rings. The zero-order valence-corrected chi connectivity index (χ0v) is 34.8. The van der Waals surface area contributed by atoms with Crippen molar-refractivity contribution in [3.8, 4) is 66.8 Å². The van der Waals surface area contributed by atoms with Gasteiger partial charge in [0.2, 0.25) is 0 Å². The number of hydrogen-bond acceptors (Lipinski definition) is 0. The van der Waals surface area contributed by atoms with Crippen LogP contribution < -0.4 is 0 Å². The van der Waals surface area contributed by atoms with Crippen LogP contribution in [-0.4, -0.2) is 4.57 Å². The fraction of sp³-hybridized carbons (Fsp3) is 0.0667. The second-order valence-electron chi connectivity index (χ2n) is 16.5. The minimum absolute atomic E-state index is 0.940. The lowest BCUT2D eigenvalue weighted by Gasteiger charge is -2.20. The molecule has 0 aliphatic heterocycles. The molecule has 0 atom stereocenters. The van der Waals surface area contributed by atoms with Gasteiger partial charge in [0.05, 0.1) is 0 Å². The van der Waals surface area contributed by atoms with Crippen LogP contribution in [-0.2, 0) is 6.54 Å². The summed E-state index contributed by atoms with van der Waals surface area (Å²) in [6, 6.07) is 76.8. The van der Waals surface area contributed by atoms with E-state index in [1.807, 2.05) is 0 Å². The zero-order valence-electron chi connectivity index (χ0n) is 34.8. The summed E-state index contributed by atoms with van der Waals surface area (Å²) in [6.07, 6.45) is 0. The number of hydrogen-bond donors (Lipinski definition) is 0. The summed E-state index contributed by atoms with van der Waals surface area (Å²) in [7, 11) is 0. The SMILES string of the molecule is CCn1c2ccccc2c2cc(-c3ccc(-c4c5ccc(-c6cccc(C)c6)cc5c(-c5ccc(-c6ccccc6)cc5)c5ccc(-c6cccc(C)c6)cc45)cc3)ccc21. The molecule has 11 rings (SSSR count). The number of aromatic nitrogens is 1. The first-order chi connectivity index (χ1) is 30.0. The molecule has 0 unspecified atom stereocenters. The number of para-hydroxylation sites is 1. The fourth-order valence-electron chi connectivity index (χ4n) is 9.72. The van der Waals surface area contributed by atoms with Gasteiger partial charge in [-0.2, -0.15) is 0 Å². The minimum Gasteiger partial charge on any atom is -0.341 e. The van der Waals surface area contributed by atoms with Gasteiger partial charge in [-0.1, -0.05) is 187 Å². The van der Waals surface area contributed by atoms with E-state index in [2.05, 4.69) is 232 Å². The molecule has 290 valence electrons. The molecule has 1 nitrogen and oxygen atoms in total. The Bertz CT molecular complexity index is 3440. The average molecular weight is 780 g/mol. The van der Waals surface area contributed by atoms with Crippen molar-refractivity contribution < 1.29 is 0 Å². The largest absolute Gasteiger partial charge is 0.341 e. The summed E-state index contributed by atoms with van der Waals surface area (Å²) in [5, 5.41) is 7.60. The van der Waals surface area contributed by atoms with Crippen LogP contribution in [0.3, 0.4) is 0 Å². The molecule has 0 fully saturated rings. The molecule has 0 radical (unpaired) electrons. The second-order valence-corrected chi connectivity index (χ2v) is 16.5. The molecule has 0 N–H and O–H groups in total. The summed E-state index contributed by atoms with van der Waals surface area (Å²) < 4.78 is 2.42. The fourth-order valence-corrected chi connectivity index (χ4v) is 9.72. The van der Waals surface area contributed by atoms with Crippen molar-refractivity contribution in [3.05, 3.63) is 217 Å². The molecule has 0 amide bonds. The van der Waals surface area contributed by atoms with E-state index in [0.717, 1.165) is 6.54 Å². The Kier molecular flexibility index (Phi) is 8.98. The van der Waals surface area contributed by atoms with E-state index in [0.29, 0.717) is 0 Å². The highest BCUT2D eigenvalue weighted by molar-refractivity contribution is 6.22. The topological polar surface area (TPSA) is 4.93 Å². The summed E-state index contributed by atoms with van der Waals surface area (Å²) in [4.78, 5) is 0. The van der Waals surface area contributed by atoms with Gasteiger partial charge in [-0.25, -0.2) is 0 Å².